The lowest BCUT2D eigenvalue weighted by molar-refractivity contribution is 0.0730. The van der Waals surface area contributed by atoms with Gasteiger partial charge in [0.1, 0.15) is 11.4 Å². The van der Waals surface area contributed by atoms with Crippen LogP contribution < -0.4 is 9.46 Å². The van der Waals surface area contributed by atoms with Gasteiger partial charge in [0.05, 0.1) is 23.8 Å². The van der Waals surface area contributed by atoms with Crippen LogP contribution in [0.2, 0.25) is 0 Å². The Labute approximate surface area is 192 Å². The first-order valence-electron chi connectivity index (χ1n) is 10.1. The molecule has 2 heterocycles. The third-order valence-electron chi connectivity index (χ3n) is 5.01. The van der Waals surface area contributed by atoms with E-state index in [1.165, 1.54) is 36.4 Å². The maximum Gasteiger partial charge on any atom is 0.267 e. The van der Waals surface area contributed by atoms with Gasteiger partial charge in [0, 0.05) is 13.1 Å². The molecule has 0 bridgehead atoms. The van der Waals surface area contributed by atoms with Gasteiger partial charge in [-0.2, -0.15) is 4.31 Å². The molecule has 1 aliphatic heterocycles. The number of morpholine rings is 1. The van der Waals surface area contributed by atoms with E-state index in [1.807, 2.05) is 6.07 Å². The minimum atomic E-state index is -4.15. The minimum absolute atomic E-state index is 0.0341. The quantitative estimate of drug-likeness (QED) is 0.532. The van der Waals surface area contributed by atoms with E-state index in [4.69, 9.17) is 14.0 Å². The third kappa shape index (κ3) is 4.88. The van der Waals surface area contributed by atoms with Crippen molar-refractivity contribution in [2.75, 3.05) is 31.0 Å². The zero-order valence-corrected chi connectivity index (χ0v) is 19.6. The van der Waals surface area contributed by atoms with Crippen LogP contribution in [0.4, 0.5) is 5.69 Å². The van der Waals surface area contributed by atoms with Gasteiger partial charge in [-0.25, -0.2) is 16.8 Å². The lowest BCUT2D eigenvalue weighted by Gasteiger charge is -2.26. The van der Waals surface area contributed by atoms with Gasteiger partial charge >= 0.3 is 0 Å². The number of hydrogen-bond donors (Lipinski definition) is 1. The van der Waals surface area contributed by atoms with Gasteiger partial charge in [0.2, 0.25) is 10.0 Å². The standard InChI is InChI=1S/C21H23N3O7S2/c1-15-21(16(2)31-22-15)32(25,26)23-19-14-18(33(27,28)24-10-12-29-13-11-24)8-9-20(19)30-17-6-4-3-5-7-17/h3-9,14,23H,10-13H2,1-2H3. The number of hydrogen-bond acceptors (Lipinski definition) is 8. The SMILES string of the molecule is Cc1noc(C)c1S(=O)(=O)Nc1cc(S(=O)(=O)N2CCOCC2)ccc1Oc1ccccc1. The molecule has 0 aliphatic carbocycles. The zero-order valence-electron chi connectivity index (χ0n) is 18.0. The second kappa shape index (κ2) is 9.14. The molecule has 0 saturated carbocycles. The summed E-state index contributed by atoms with van der Waals surface area (Å²) in [5.41, 5.74) is 0.149. The van der Waals surface area contributed by atoms with E-state index in [-0.39, 0.29) is 45.8 Å². The van der Waals surface area contributed by atoms with Crippen molar-refractivity contribution in [3.05, 3.63) is 60.0 Å². The number of nitrogens with zero attached hydrogens (tertiary/aromatic N) is 2. The van der Waals surface area contributed by atoms with E-state index < -0.39 is 20.0 Å². The summed E-state index contributed by atoms with van der Waals surface area (Å²) in [5, 5.41) is 3.69. The first-order chi connectivity index (χ1) is 15.7. The number of nitrogens with one attached hydrogen (secondary N) is 1. The van der Waals surface area contributed by atoms with Crippen molar-refractivity contribution < 1.29 is 30.8 Å². The van der Waals surface area contributed by atoms with E-state index in [1.54, 1.807) is 24.3 Å². The maximum absolute atomic E-state index is 13.1. The Morgan fingerprint density at radius 2 is 1.70 bits per heavy atom. The highest BCUT2D eigenvalue weighted by Gasteiger charge is 2.29. The van der Waals surface area contributed by atoms with Crippen LogP contribution in [0.15, 0.2) is 62.8 Å². The van der Waals surface area contributed by atoms with E-state index in [2.05, 4.69) is 9.88 Å². The van der Waals surface area contributed by atoms with Crippen LogP contribution in [-0.4, -0.2) is 52.6 Å². The molecule has 1 N–H and O–H groups in total. The first kappa shape index (κ1) is 23.2. The molecule has 1 fully saturated rings. The summed E-state index contributed by atoms with van der Waals surface area (Å²) in [6.07, 6.45) is 0. The van der Waals surface area contributed by atoms with Crippen LogP contribution in [0.25, 0.3) is 0 Å². The Morgan fingerprint density at radius 1 is 1.00 bits per heavy atom. The Kier molecular flexibility index (Phi) is 6.43. The highest BCUT2D eigenvalue weighted by molar-refractivity contribution is 7.92. The van der Waals surface area contributed by atoms with Crippen molar-refractivity contribution in [1.82, 2.24) is 9.46 Å². The van der Waals surface area contributed by atoms with Crippen LogP contribution in [0.3, 0.4) is 0 Å². The predicted octanol–water partition coefficient (Wildman–Crippen LogP) is 2.91. The van der Waals surface area contributed by atoms with E-state index in [0.717, 1.165) is 0 Å². The number of benzene rings is 2. The molecule has 2 aromatic carbocycles. The monoisotopic (exact) mass is 493 g/mol. The molecular formula is C21H23N3O7S2. The summed E-state index contributed by atoms with van der Waals surface area (Å²) in [5.74, 6) is 0.708. The van der Waals surface area contributed by atoms with Crippen molar-refractivity contribution >= 4 is 25.7 Å². The summed E-state index contributed by atoms with van der Waals surface area (Å²) >= 11 is 0. The van der Waals surface area contributed by atoms with Gasteiger partial charge in [-0.15, -0.1) is 0 Å². The maximum atomic E-state index is 13.1. The fourth-order valence-corrected chi connectivity index (χ4v) is 6.27. The minimum Gasteiger partial charge on any atom is -0.455 e. The summed E-state index contributed by atoms with van der Waals surface area (Å²) < 4.78 is 72.4. The Bertz CT molecular complexity index is 1330. The number of aryl methyl sites for hydroxylation is 2. The number of para-hydroxylation sites is 1. The summed E-state index contributed by atoms with van der Waals surface area (Å²) in [6.45, 7) is 4.00. The molecule has 0 spiro atoms. The smallest absolute Gasteiger partial charge is 0.267 e. The van der Waals surface area contributed by atoms with Gasteiger partial charge in [-0.05, 0) is 44.2 Å². The number of aromatic nitrogens is 1. The molecule has 33 heavy (non-hydrogen) atoms. The van der Waals surface area contributed by atoms with Gasteiger partial charge in [0.25, 0.3) is 10.0 Å². The molecule has 4 rings (SSSR count). The fraction of sp³-hybridized carbons (Fsp3) is 0.286. The Morgan fingerprint density at radius 3 is 2.33 bits per heavy atom. The topological polar surface area (TPSA) is 128 Å². The molecular weight excluding hydrogens is 470 g/mol. The van der Waals surface area contributed by atoms with Crippen molar-refractivity contribution in [2.24, 2.45) is 0 Å². The molecule has 1 saturated heterocycles. The van der Waals surface area contributed by atoms with Gasteiger partial charge in [-0.3, -0.25) is 4.72 Å². The van der Waals surface area contributed by atoms with E-state index in [9.17, 15) is 16.8 Å². The lowest BCUT2D eigenvalue weighted by Crippen LogP contribution is -2.40. The zero-order chi connectivity index (χ0) is 23.6. The number of anilines is 1. The third-order valence-corrected chi connectivity index (χ3v) is 8.51. The molecule has 0 atom stereocenters. The second-order valence-corrected chi connectivity index (χ2v) is 10.9. The van der Waals surface area contributed by atoms with Crippen molar-refractivity contribution in [3.8, 4) is 11.5 Å². The largest absolute Gasteiger partial charge is 0.455 e. The highest BCUT2D eigenvalue weighted by atomic mass is 32.2. The van der Waals surface area contributed by atoms with Crippen LogP contribution in [-0.2, 0) is 24.8 Å². The lowest BCUT2D eigenvalue weighted by atomic mass is 10.3. The first-order valence-corrected chi connectivity index (χ1v) is 13.0. The number of sulfonamides is 2. The van der Waals surface area contributed by atoms with Crippen molar-refractivity contribution in [2.45, 2.75) is 23.6 Å². The second-order valence-electron chi connectivity index (χ2n) is 7.35. The summed E-state index contributed by atoms with van der Waals surface area (Å²) in [4.78, 5) is -0.184. The average Bonchev–Trinajstić information content (AvgIpc) is 3.15. The van der Waals surface area contributed by atoms with Gasteiger partial charge < -0.3 is 14.0 Å². The predicted molar refractivity (Wildman–Crippen MR) is 119 cm³/mol. The number of ether oxygens (including phenoxy) is 2. The normalized spacial score (nSPS) is 15.3. The molecule has 0 unspecified atom stereocenters. The molecule has 0 amide bonds. The van der Waals surface area contributed by atoms with Crippen LogP contribution >= 0.6 is 0 Å². The average molecular weight is 494 g/mol. The molecule has 0 radical (unpaired) electrons. The van der Waals surface area contributed by atoms with Crippen molar-refractivity contribution in [3.63, 3.8) is 0 Å². The molecule has 176 valence electrons. The van der Waals surface area contributed by atoms with E-state index >= 15 is 0 Å². The Hall–Kier alpha value is -2.93. The Balaban J connectivity index is 1.76. The van der Waals surface area contributed by atoms with Gasteiger partial charge in [0.15, 0.2) is 16.4 Å². The van der Waals surface area contributed by atoms with E-state index in [0.29, 0.717) is 19.0 Å². The molecule has 10 nitrogen and oxygen atoms in total. The van der Waals surface area contributed by atoms with Crippen LogP contribution in [0.5, 0.6) is 11.5 Å². The molecule has 3 aromatic rings. The van der Waals surface area contributed by atoms with Crippen LogP contribution in [0, 0.1) is 13.8 Å². The fourth-order valence-electron chi connectivity index (χ4n) is 3.44. The van der Waals surface area contributed by atoms with Gasteiger partial charge in [-0.1, -0.05) is 23.4 Å². The highest BCUT2D eigenvalue weighted by Crippen LogP contribution is 2.35. The molecule has 12 heteroatoms. The summed E-state index contributed by atoms with van der Waals surface area (Å²) in [6, 6.07) is 12.8. The number of rotatable bonds is 7. The summed E-state index contributed by atoms with van der Waals surface area (Å²) in [7, 11) is -8.02. The molecule has 1 aromatic heterocycles. The molecule has 1 aliphatic rings. The van der Waals surface area contributed by atoms with Crippen molar-refractivity contribution in [1.29, 1.82) is 0 Å². The van der Waals surface area contributed by atoms with Crippen LogP contribution in [0.1, 0.15) is 11.5 Å².